The van der Waals surface area contributed by atoms with Gasteiger partial charge < -0.3 is 0 Å². The summed E-state index contributed by atoms with van der Waals surface area (Å²) in [6, 6.07) is 0. The molecule has 0 aliphatic rings. The van der Waals surface area contributed by atoms with E-state index < -0.39 is 0 Å². The summed E-state index contributed by atoms with van der Waals surface area (Å²) >= 11 is 5.59. The van der Waals surface area contributed by atoms with Crippen LogP contribution in [-0.4, -0.2) is 30.8 Å². The van der Waals surface area contributed by atoms with Crippen molar-refractivity contribution in [1.29, 1.82) is 0 Å². The number of aromatic nitrogens is 5. The largest absolute Gasteiger partial charge is 0.243 e. The van der Waals surface area contributed by atoms with Crippen LogP contribution in [0.5, 0.6) is 0 Å². The molecule has 2 aromatic rings. The average molecular weight is 210 g/mol. The third kappa shape index (κ3) is 1.88. The second-order valence-electron chi connectivity index (χ2n) is 2.69. The van der Waals surface area contributed by atoms with Gasteiger partial charge in [0.1, 0.15) is 12.0 Å². The zero-order valence-corrected chi connectivity index (χ0v) is 8.09. The van der Waals surface area contributed by atoms with Crippen LogP contribution in [0.25, 0.3) is 5.69 Å². The van der Waals surface area contributed by atoms with Gasteiger partial charge in [0, 0.05) is 12.3 Å². The fourth-order valence-electron chi connectivity index (χ4n) is 1.05. The second-order valence-corrected chi connectivity index (χ2v) is 3.07. The zero-order valence-electron chi connectivity index (χ0n) is 7.34. The molecule has 0 spiro atoms. The molecule has 0 unspecified atom stereocenters. The maximum atomic E-state index is 5.59. The minimum Gasteiger partial charge on any atom is -0.243 e. The molecule has 2 aromatic heterocycles. The Morgan fingerprint density at radius 3 is 2.79 bits per heavy atom. The van der Waals surface area contributed by atoms with Crippen molar-refractivity contribution in [2.75, 3.05) is 5.88 Å². The SMILES string of the molecule is ClCCc1cn(-c2cncnc2)nn1. The van der Waals surface area contributed by atoms with Crippen molar-refractivity contribution in [3.63, 3.8) is 0 Å². The summed E-state index contributed by atoms with van der Waals surface area (Å²) in [7, 11) is 0. The van der Waals surface area contributed by atoms with Gasteiger partial charge in [0.25, 0.3) is 0 Å². The Labute approximate surface area is 85.8 Å². The van der Waals surface area contributed by atoms with E-state index >= 15 is 0 Å². The predicted molar refractivity (Wildman–Crippen MR) is 51.4 cm³/mol. The summed E-state index contributed by atoms with van der Waals surface area (Å²) in [4.78, 5) is 7.78. The van der Waals surface area contributed by atoms with Crippen molar-refractivity contribution in [1.82, 2.24) is 25.0 Å². The zero-order chi connectivity index (χ0) is 9.80. The normalized spacial score (nSPS) is 10.4. The van der Waals surface area contributed by atoms with Gasteiger partial charge in [-0.15, -0.1) is 16.7 Å². The van der Waals surface area contributed by atoms with Crippen LogP contribution < -0.4 is 0 Å². The molecule has 0 saturated heterocycles. The van der Waals surface area contributed by atoms with Crippen LogP contribution in [0, 0.1) is 0 Å². The molecular formula is C8H8ClN5. The van der Waals surface area contributed by atoms with Gasteiger partial charge in [0.15, 0.2) is 0 Å². The van der Waals surface area contributed by atoms with Gasteiger partial charge in [-0.25, -0.2) is 14.6 Å². The van der Waals surface area contributed by atoms with Crippen LogP contribution in [0.4, 0.5) is 0 Å². The standard InChI is InChI=1S/C8H8ClN5/c9-2-1-7-5-14(13-12-7)8-3-10-6-11-4-8/h3-6H,1-2H2. The van der Waals surface area contributed by atoms with E-state index in [0.717, 1.165) is 17.8 Å². The molecule has 0 saturated carbocycles. The number of hydrogen-bond acceptors (Lipinski definition) is 4. The molecule has 2 heterocycles. The van der Waals surface area contributed by atoms with E-state index in [2.05, 4.69) is 20.3 Å². The van der Waals surface area contributed by atoms with Crippen LogP contribution in [0.15, 0.2) is 24.9 Å². The molecule has 6 heteroatoms. The lowest BCUT2D eigenvalue weighted by Gasteiger charge is -1.95. The summed E-state index contributed by atoms with van der Waals surface area (Å²) < 4.78 is 1.63. The highest BCUT2D eigenvalue weighted by Gasteiger charge is 2.01. The Kier molecular flexibility index (Phi) is 2.69. The number of nitrogens with zero attached hydrogens (tertiary/aromatic N) is 5. The van der Waals surface area contributed by atoms with Gasteiger partial charge in [-0.3, -0.25) is 0 Å². The molecule has 0 atom stereocenters. The van der Waals surface area contributed by atoms with E-state index in [1.54, 1.807) is 17.1 Å². The summed E-state index contributed by atoms with van der Waals surface area (Å²) in [5.74, 6) is 0.546. The fraction of sp³-hybridized carbons (Fsp3) is 0.250. The fourth-order valence-corrected chi connectivity index (χ4v) is 1.24. The lowest BCUT2D eigenvalue weighted by Crippen LogP contribution is -1.95. The molecule has 5 nitrogen and oxygen atoms in total. The van der Waals surface area contributed by atoms with Gasteiger partial charge in [-0.05, 0) is 0 Å². The Morgan fingerprint density at radius 2 is 2.07 bits per heavy atom. The Balaban J connectivity index is 2.25. The van der Waals surface area contributed by atoms with Crippen LogP contribution in [0.3, 0.4) is 0 Å². The smallest absolute Gasteiger partial charge is 0.115 e. The lowest BCUT2D eigenvalue weighted by atomic mass is 10.4. The average Bonchev–Trinajstić information content (AvgIpc) is 2.68. The molecule has 0 aliphatic heterocycles. The van der Waals surface area contributed by atoms with E-state index in [0.29, 0.717) is 5.88 Å². The molecule has 0 amide bonds. The Bertz CT molecular complexity index is 399. The van der Waals surface area contributed by atoms with Gasteiger partial charge in [0.2, 0.25) is 0 Å². The first-order chi connectivity index (χ1) is 6.90. The first-order valence-electron chi connectivity index (χ1n) is 4.13. The maximum absolute atomic E-state index is 5.59. The molecule has 0 N–H and O–H groups in total. The van der Waals surface area contributed by atoms with Crippen molar-refractivity contribution in [2.24, 2.45) is 0 Å². The summed E-state index contributed by atoms with van der Waals surface area (Å²) in [6.07, 6.45) is 7.36. The van der Waals surface area contributed by atoms with E-state index in [9.17, 15) is 0 Å². The van der Waals surface area contributed by atoms with Gasteiger partial charge in [-0.1, -0.05) is 5.21 Å². The van der Waals surface area contributed by atoms with Crippen LogP contribution in [-0.2, 0) is 6.42 Å². The maximum Gasteiger partial charge on any atom is 0.115 e. The number of halogens is 1. The number of rotatable bonds is 3. The third-order valence-electron chi connectivity index (χ3n) is 1.70. The molecule has 2 rings (SSSR count). The lowest BCUT2D eigenvalue weighted by molar-refractivity contribution is 0.789. The number of hydrogen-bond donors (Lipinski definition) is 0. The van der Waals surface area contributed by atoms with E-state index in [1.165, 1.54) is 6.33 Å². The molecule has 0 bridgehead atoms. The molecule has 72 valence electrons. The molecular weight excluding hydrogens is 202 g/mol. The quantitative estimate of drug-likeness (QED) is 0.703. The van der Waals surface area contributed by atoms with Crippen molar-refractivity contribution >= 4 is 11.6 Å². The molecule has 14 heavy (non-hydrogen) atoms. The summed E-state index contributed by atoms with van der Waals surface area (Å²) in [5, 5.41) is 7.89. The monoisotopic (exact) mass is 209 g/mol. The number of aryl methyl sites for hydroxylation is 1. The van der Waals surface area contributed by atoms with Crippen molar-refractivity contribution in [3.05, 3.63) is 30.6 Å². The first-order valence-corrected chi connectivity index (χ1v) is 4.66. The highest BCUT2D eigenvalue weighted by molar-refractivity contribution is 6.17. The summed E-state index contributed by atoms with van der Waals surface area (Å²) in [6.45, 7) is 0. The highest BCUT2D eigenvalue weighted by atomic mass is 35.5. The summed E-state index contributed by atoms with van der Waals surface area (Å²) in [5.41, 5.74) is 1.66. The van der Waals surface area contributed by atoms with Gasteiger partial charge >= 0.3 is 0 Å². The van der Waals surface area contributed by atoms with Gasteiger partial charge in [0.05, 0.1) is 24.3 Å². The van der Waals surface area contributed by atoms with Crippen LogP contribution in [0.1, 0.15) is 5.69 Å². The van der Waals surface area contributed by atoms with Crippen molar-refractivity contribution < 1.29 is 0 Å². The van der Waals surface area contributed by atoms with E-state index in [4.69, 9.17) is 11.6 Å². The van der Waals surface area contributed by atoms with E-state index in [-0.39, 0.29) is 0 Å². The molecule has 0 fully saturated rings. The van der Waals surface area contributed by atoms with Crippen LogP contribution >= 0.6 is 11.6 Å². The topological polar surface area (TPSA) is 56.5 Å². The minimum atomic E-state index is 0.546. The highest BCUT2D eigenvalue weighted by Crippen LogP contribution is 2.03. The van der Waals surface area contributed by atoms with Crippen molar-refractivity contribution in [3.8, 4) is 5.69 Å². The number of alkyl halides is 1. The predicted octanol–water partition coefficient (Wildman–Crippen LogP) is 0.839. The van der Waals surface area contributed by atoms with Crippen molar-refractivity contribution in [2.45, 2.75) is 6.42 Å². The minimum absolute atomic E-state index is 0.546. The Morgan fingerprint density at radius 1 is 1.29 bits per heavy atom. The van der Waals surface area contributed by atoms with Crippen LogP contribution in [0.2, 0.25) is 0 Å². The van der Waals surface area contributed by atoms with E-state index in [1.807, 2.05) is 6.20 Å². The molecule has 0 radical (unpaired) electrons. The Hall–Kier alpha value is -1.49. The second kappa shape index (κ2) is 4.15. The van der Waals surface area contributed by atoms with Gasteiger partial charge in [-0.2, -0.15) is 0 Å². The molecule has 0 aliphatic carbocycles. The first kappa shape index (κ1) is 9.08. The third-order valence-corrected chi connectivity index (χ3v) is 1.89. The molecule has 0 aromatic carbocycles.